The van der Waals surface area contributed by atoms with Crippen molar-refractivity contribution < 1.29 is 14.3 Å². The Bertz CT molecular complexity index is 232. The third-order valence-corrected chi connectivity index (χ3v) is 3.44. The summed E-state index contributed by atoms with van der Waals surface area (Å²) in [6.07, 6.45) is 2.09. The van der Waals surface area contributed by atoms with Gasteiger partial charge >= 0.3 is 5.97 Å². The molecule has 1 rings (SSSR count). The van der Waals surface area contributed by atoms with Gasteiger partial charge in [-0.05, 0) is 19.3 Å². The van der Waals surface area contributed by atoms with Gasteiger partial charge in [0.05, 0.1) is 13.2 Å². The molecule has 4 heteroatoms. The van der Waals surface area contributed by atoms with Crippen molar-refractivity contribution in [1.29, 1.82) is 0 Å². The first kappa shape index (κ1) is 13.5. The summed E-state index contributed by atoms with van der Waals surface area (Å²) in [7, 11) is 1.44. The van der Waals surface area contributed by atoms with Gasteiger partial charge in [0.25, 0.3) is 0 Å². The van der Waals surface area contributed by atoms with Crippen LogP contribution in [-0.2, 0) is 14.3 Å². The van der Waals surface area contributed by atoms with E-state index >= 15 is 0 Å². The van der Waals surface area contributed by atoms with Gasteiger partial charge in [0.1, 0.15) is 6.04 Å². The molecular weight excluding hydrogens is 206 g/mol. The zero-order valence-corrected chi connectivity index (χ0v) is 10.7. The molecule has 1 fully saturated rings. The Hall–Kier alpha value is -0.610. The number of methoxy groups -OCH3 is 1. The van der Waals surface area contributed by atoms with E-state index in [1.54, 1.807) is 0 Å². The fourth-order valence-electron chi connectivity index (χ4n) is 2.01. The lowest BCUT2D eigenvalue weighted by molar-refractivity contribution is -0.144. The maximum Gasteiger partial charge on any atom is 0.323 e. The smallest absolute Gasteiger partial charge is 0.323 e. The molecule has 94 valence electrons. The van der Waals surface area contributed by atoms with E-state index in [1.807, 2.05) is 6.92 Å². The standard InChI is InChI=1S/C12H23NO3/c1-5-8(2)11(12(14)15-4)13-10-6-7-16-9(10)3/h8-11,13H,5-7H2,1-4H3. The minimum absolute atomic E-state index is 0.173. The van der Waals surface area contributed by atoms with E-state index in [-0.39, 0.29) is 30.1 Å². The fraction of sp³-hybridized carbons (Fsp3) is 0.917. The lowest BCUT2D eigenvalue weighted by atomic mass is 9.97. The van der Waals surface area contributed by atoms with E-state index in [0.29, 0.717) is 0 Å². The van der Waals surface area contributed by atoms with Gasteiger partial charge in [-0.1, -0.05) is 20.3 Å². The van der Waals surface area contributed by atoms with Crippen LogP contribution in [0.2, 0.25) is 0 Å². The molecule has 0 saturated carbocycles. The predicted octanol–water partition coefficient (Wildman–Crippen LogP) is 1.34. The fourth-order valence-corrected chi connectivity index (χ4v) is 2.01. The summed E-state index contributed by atoms with van der Waals surface area (Å²) in [5.41, 5.74) is 0. The van der Waals surface area contributed by atoms with Crippen molar-refractivity contribution in [3.05, 3.63) is 0 Å². The molecule has 0 bridgehead atoms. The summed E-state index contributed by atoms with van der Waals surface area (Å²) in [6.45, 7) is 6.95. The summed E-state index contributed by atoms with van der Waals surface area (Å²) < 4.78 is 10.3. The van der Waals surface area contributed by atoms with Gasteiger partial charge < -0.3 is 9.47 Å². The highest BCUT2D eigenvalue weighted by Crippen LogP contribution is 2.17. The van der Waals surface area contributed by atoms with Gasteiger partial charge in [-0.15, -0.1) is 0 Å². The minimum Gasteiger partial charge on any atom is -0.468 e. The second-order valence-corrected chi connectivity index (χ2v) is 4.52. The van der Waals surface area contributed by atoms with Crippen LogP contribution in [0.15, 0.2) is 0 Å². The van der Waals surface area contributed by atoms with Gasteiger partial charge in [-0.3, -0.25) is 10.1 Å². The SMILES string of the molecule is CCC(C)C(NC1CCOC1C)C(=O)OC. The summed E-state index contributed by atoms with van der Waals surface area (Å²) in [4.78, 5) is 11.7. The molecule has 4 atom stereocenters. The van der Waals surface area contributed by atoms with Crippen molar-refractivity contribution in [2.75, 3.05) is 13.7 Å². The highest BCUT2D eigenvalue weighted by Gasteiger charge is 2.32. The monoisotopic (exact) mass is 229 g/mol. The lowest BCUT2D eigenvalue weighted by Crippen LogP contribution is -2.49. The highest BCUT2D eigenvalue weighted by atomic mass is 16.5. The third kappa shape index (κ3) is 3.19. The molecule has 1 N–H and O–H groups in total. The first-order chi connectivity index (χ1) is 7.60. The van der Waals surface area contributed by atoms with Crippen LogP contribution >= 0.6 is 0 Å². The maximum absolute atomic E-state index is 11.7. The van der Waals surface area contributed by atoms with E-state index < -0.39 is 0 Å². The van der Waals surface area contributed by atoms with Crippen LogP contribution in [0.1, 0.15) is 33.6 Å². The van der Waals surface area contributed by atoms with Crippen LogP contribution in [0.3, 0.4) is 0 Å². The van der Waals surface area contributed by atoms with Crippen LogP contribution < -0.4 is 5.32 Å². The molecule has 16 heavy (non-hydrogen) atoms. The number of hydrogen-bond acceptors (Lipinski definition) is 4. The van der Waals surface area contributed by atoms with Crippen LogP contribution in [0.5, 0.6) is 0 Å². The van der Waals surface area contributed by atoms with E-state index in [0.717, 1.165) is 19.4 Å². The van der Waals surface area contributed by atoms with Gasteiger partial charge in [-0.25, -0.2) is 0 Å². The summed E-state index contributed by atoms with van der Waals surface area (Å²) in [6, 6.07) is 0.0437. The van der Waals surface area contributed by atoms with E-state index in [4.69, 9.17) is 9.47 Å². The average Bonchev–Trinajstić information content (AvgIpc) is 2.69. The van der Waals surface area contributed by atoms with Crippen LogP contribution in [0, 0.1) is 5.92 Å². The summed E-state index contributed by atoms with van der Waals surface area (Å²) in [5.74, 6) is 0.105. The number of carbonyl (C=O) groups excluding carboxylic acids is 1. The van der Waals surface area contributed by atoms with Crippen molar-refractivity contribution in [3.8, 4) is 0 Å². The van der Waals surface area contributed by atoms with Gasteiger partial charge in [0.15, 0.2) is 0 Å². The molecule has 0 aromatic carbocycles. The molecule has 0 aromatic rings. The van der Waals surface area contributed by atoms with Crippen molar-refractivity contribution in [3.63, 3.8) is 0 Å². The molecule has 0 radical (unpaired) electrons. The molecule has 0 aromatic heterocycles. The normalized spacial score (nSPS) is 28.8. The van der Waals surface area contributed by atoms with Crippen molar-refractivity contribution in [2.45, 2.75) is 51.8 Å². The van der Waals surface area contributed by atoms with E-state index in [1.165, 1.54) is 7.11 Å². The first-order valence-electron chi connectivity index (χ1n) is 6.05. The molecule has 0 amide bonds. The molecule has 1 heterocycles. The number of esters is 1. The zero-order chi connectivity index (χ0) is 12.1. The number of rotatable bonds is 5. The van der Waals surface area contributed by atoms with Crippen molar-refractivity contribution in [1.82, 2.24) is 5.32 Å². The predicted molar refractivity (Wildman–Crippen MR) is 62.2 cm³/mol. The Morgan fingerprint density at radius 1 is 1.62 bits per heavy atom. The molecular formula is C12H23NO3. The summed E-state index contributed by atoms with van der Waals surface area (Å²) in [5, 5.41) is 3.37. The van der Waals surface area contributed by atoms with Gasteiger partial charge in [-0.2, -0.15) is 0 Å². The largest absolute Gasteiger partial charge is 0.468 e. The molecule has 4 nitrogen and oxygen atoms in total. The Labute approximate surface area is 97.7 Å². The number of nitrogens with one attached hydrogen (secondary N) is 1. The van der Waals surface area contributed by atoms with Crippen molar-refractivity contribution in [2.24, 2.45) is 5.92 Å². The number of ether oxygens (including phenoxy) is 2. The van der Waals surface area contributed by atoms with E-state index in [2.05, 4.69) is 19.2 Å². The quantitative estimate of drug-likeness (QED) is 0.723. The second-order valence-electron chi connectivity index (χ2n) is 4.52. The average molecular weight is 229 g/mol. The highest BCUT2D eigenvalue weighted by molar-refractivity contribution is 5.76. The molecule has 4 unspecified atom stereocenters. The van der Waals surface area contributed by atoms with Crippen molar-refractivity contribution >= 4 is 5.97 Å². The molecule has 1 aliphatic heterocycles. The Morgan fingerprint density at radius 3 is 2.75 bits per heavy atom. The molecule has 1 saturated heterocycles. The first-order valence-corrected chi connectivity index (χ1v) is 6.05. The maximum atomic E-state index is 11.7. The van der Waals surface area contributed by atoms with Gasteiger partial charge in [0.2, 0.25) is 0 Å². The Morgan fingerprint density at radius 2 is 2.31 bits per heavy atom. The molecule has 1 aliphatic rings. The van der Waals surface area contributed by atoms with Crippen LogP contribution in [-0.4, -0.2) is 37.9 Å². The van der Waals surface area contributed by atoms with E-state index in [9.17, 15) is 4.79 Å². The topological polar surface area (TPSA) is 47.6 Å². The van der Waals surface area contributed by atoms with Crippen LogP contribution in [0.25, 0.3) is 0 Å². The summed E-state index contributed by atoms with van der Waals surface area (Å²) >= 11 is 0. The molecule has 0 aliphatic carbocycles. The number of hydrogen-bond donors (Lipinski definition) is 1. The minimum atomic E-state index is -0.218. The molecule has 0 spiro atoms. The lowest BCUT2D eigenvalue weighted by Gasteiger charge is -2.26. The zero-order valence-electron chi connectivity index (χ0n) is 10.7. The number of carbonyl (C=O) groups is 1. The Kier molecular flexibility index (Phi) is 5.22. The van der Waals surface area contributed by atoms with Gasteiger partial charge in [0, 0.05) is 12.6 Å². The Balaban J connectivity index is 2.59. The van der Waals surface area contributed by atoms with Crippen LogP contribution in [0.4, 0.5) is 0 Å². The third-order valence-electron chi connectivity index (χ3n) is 3.44. The second kappa shape index (κ2) is 6.21.